The molecule has 174 valence electrons. The molecule has 2 saturated carbocycles. The maximum atomic E-state index is 15.1. The van der Waals surface area contributed by atoms with Gasteiger partial charge in [0.2, 0.25) is 0 Å². The van der Waals surface area contributed by atoms with Crippen molar-refractivity contribution in [1.29, 1.82) is 0 Å². The monoisotopic (exact) mass is 435 g/mol. The van der Waals surface area contributed by atoms with Gasteiger partial charge in [0, 0.05) is 11.8 Å². The van der Waals surface area contributed by atoms with Gasteiger partial charge in [-0.15, -0.1) is 0 Å². The molecule has 1 aromatic carbocycles. The first kappa shape index (κ1) is 23.5. The molecule has 1 heterocycles. The Morgan fingerprint density at radius 1 is 0.781 bits per heavy atom. The van der Waals surface area contributed by atoms with Gasteiger partial charge in [0.15, 0.2) is 0 Å². The van der Waals surface area contributed by atoms with Crippen LogP contribution in [0.25, 0.3) is 11.3 Å². The van der Waals surface area contributed by atoms with Crippen LogP contribution in [0.15, 0.2) is 36.5 Å². The van der Waals surface area contributed by atoms with Crippen LogP contribution in [-0.4, -0.2) is 4.98 Å². The molecule has 2 aromatic rings. The van der Waals surface area contributed by atoms with Gasteiger partial charge in [0.25, 0.3) is 0 Å². The molecule has 0 saturated heterocycles. The topological polar surface area (TPSA) is 12.9 Å². The number of unbranched alkanes of at least 4 members (excludes halogenated alkanes) is 2. The Labute approximate surface area is 195 Å². The van der Waals surface area contributed by atoms with E-state index >= 15 is 4.39 Å². The van der Waals surface area contributed by atoms with E-state index in [1.54, 1.807) is 6.07 Å². The van der Waals surface area contributed by atoms with Gasteiger partial charge in [0.1, 0.15) is 5.82 Å². The summed E-state index contributed by atoms with van der Waals surface area (Å²) in [7, 11) is 0. The van der Waals surface area contributed by atoms with Crippen molar-refractivity contribution in [3.63, 3.8) is 0 Å². The molecule has 0 radical (unpaired) electrons. The van der Waals surface area contributed by atoms with Crippen molar-refractivity contribution >= 4 is 0 Å². The van der Waals surface area contributed by atoms with E-state index in [1.807, 2.05) is 18.3 Å². The summed E-state index contributed by atoms with van der Waals surface area (Å²) in [6.45, 7) is 4.58. The summed E-state index contributed by atoms with van der Waals surface area (Å²) in [5, 5.41) is 0. The van der Waals surface area contributed by atoms with E-state index in [0.29, 0.717) is 17.4 Å². The van der Waals surface area contributed by atoms with Gasteiger partial charge in [-0.1, -0.05) is 58.1 Å². The smallest absolute Gasteiger partial charge is 0.132 e. The predicted molar refractivity (Wildman–Crippen MR) is 133 cm³/mol. The molecule has 4 rings (SSSR count). The van der Waals surface area contributed by atoms with Crippen LogP contribution >= 0.6 is 0 Å². The van der Waals surface area contributed by atoms with E-state index in [-0.39, 0.29) is 5.82 Å². The molecule has 32 heavy (non-hydrogen) atoms. The number of benzene rings is 1. The van der Waals surface area contributed by atoms with Crippen LogP contribution in [0.3, 0.4) is 0 Å². The summed E-state index contributed by atoms with van der Waals surface area (Å²) in [5.41, 5.74) is 3.92. The molecule has 2 aliphatic carbocycles. The SMILES string of the molecule is CCCCCC1CCC(c2ccc(-c3ccc(C4CCC(CC)CC4)cn3)c(F)c2)CC1. The van der Waals surface area contributed by atoms with E-state index in [2.05, 4.69) is 31.0 Å². The first-order valence-electron chi connectivity index (χ1n) is 13.4. The quantitative estimate of drug-likeness (QED) is 0.376. The highest BCUT2D eigenvalue weighted by atomic mass is 19.1. The third-order valence-electron chi connectivity index (χ3n) is 8.49. The summed E-state index contributed by atoms with van der Waals surface area (Å²) in [5.74, 6) is 2.83. The number of nitrogens with zero attached hydrogens (tertiary/aromatic N) is 1. The van der Waals surface area contributed by atoms with Crippen LogP contribution in [0, 0.1) is 17.7 Å². The second-order valence-corrected chi connectivity index (χ2v) is 10.6. The van der Waals surface area contributed by atoms with Crippen LogP contribution in [-0.2, 0) is 0 Å². The van der Waals surface area contributed by atoms with Crippen molar-refractivity contribution in [1.82, 2.24) is 4.98 Å². The lowest BCUT2D eigenvalue weighted by molar-refractivity contribution is 0.302. The molecule has 2 fully saturated rings. The van der Waals surface area contributed by atoms with Crippen LogP contribution in [0.4, 0.5) is 4.39 Å². The fraction of sp³-hybridized carbons (Fsp3) is 0.633. The molecule has 1 aromatic heterocycles. The second kappa shape index (κ2) is 11.4. The van der Waals surface area contributed by atoms with Gasteiger partial charge >= 0.3 is 0 Å². The molecule has 2 aliphatic rings. The summed E-state index contributed by atoms with van der Waals surface area (Å²) in [4.78, 5) is 4.67. The Bertz CT molecular complexity index is 826. The number of aromatic nitrogens is 1. The summed E-state index contributed by atoms with van der Waals surface area (Å²) in [6.07, 6.45) is 19.0. The molecule has 2 heteroatoms. The Morgan fingerprint density at radius 3 is 2.03 bits per heavy atom. The minimum atomic E-state index is -0.115. The van der Waals surface area contributed by atoms with Gasteiger partial charge < -0.3 is 0 Å². The van der Waals surface area contributed by atoms with Gasteiger partial charge in [-0.25, -0.2) is 4.39 Å². The van der Waals surface area contributed by atoms with Crippen molar-refractivity contribution in [3.8, 4) is 11.3 Å². The lowest BCUT2D eigenvalue weighted by Gasteiger charge is -2.29. The van der Waals surface area contributed by atoms with E-state index in [4.69, 9.17) is 0 Å². The average Bonchev–Trinajstić information content (AvgIpc) is 2.85. The fourth-order valence-electron chi connectivity index (χ4n) is 6.17. The average molecular weight is 436 g/mol. The third kappa shape index (κ3) is 5.80. The molecule has 0 spiro atoms. The molecule has 0 atom stereocenters. The molecule has 0 aliphatic heterocycles. The van der Waals surface area contributed by atoms with E-state index < -0.39 is 0 Å². The highest BCUT2D eigenvalue weighted by Gasteiger charge is 2.24. The third-order valence-corrected chi connectivity index (χ3v) is 8.49. The number of hydrogen-bond donors (Lipinski definition) is 0. The predicted octanol–water partition coefficient (Wildman–Crippen LogP) is 9.43. The van der Waals surface area contributed by atoms with Gasteiger partial charge in [0.05, 0.1) is 5.69 Å². The number of pyridine rings is 1. The Morgan fingerprint density at radius 2 is 1.44 bits per heavy atom. The molecular formula is C30H42FN. The van der Waals surface area contributed by atoms with Crippen molar-refractivity contribution in [2.75, 3.05) is 0 Å². The standard InChI is InChI=1S/C30H42FN/c1-3-5-6-7-23-10-14-24(15-11-23)26-16-18-28(29(31)20-26)30-19-17-27(21-32-30)25-12-8-22(4-2)9-13-25/h16-25H,3-15H2,1-2H3. The zero-order chi connectivity index (χ0) is 22.3. The number of rotatable bonds is 8. The largest absolute Gasteiger partial charge is 0.256 e. The van der Waals surface area contributed by atoms with E-state index in [1.165, 1.54) is 94.6 Å². The number of halogens is 1. The van der Waals surface area contributed by atoms with Crippen molar-refractivity contribution in [3.05, 3.63) is 53.5 Å². The lowest BCUT2D eigenvalue weighted by Crippen LogP contribution is -2.13. The minimum Gasteiger partial charge on any atom is -0.256 e. The van der Waals surface area contributed by atoms with Crippen LogP contribution < -0.4 is 0 Å². The molecule has 0 N–H and O–H groups in total. The summed E-state index contributed by atoms with van der Waals surface area (Å²) in [6, 6.07) is 10.1. The lowest BCUT2D eigenvalue weighted by atomic mass is 9.77. The van der Waals surface area contributed by atoms with Gasteiger partial charge in [-0.3, -0.25) is 4.98 Å². The van der Waals surface area contributed by atoms with Crippen LogP contribution in [0.1, 0.15) is 120 Å². The maximum Gasteiger partial charge on any atom is 0.132 e. The minimum absolute atomic E-state index is 0.115. The van der Waals surface area contributed by atoms with E-state index in [9.17, 15) is 0 Å². The first-order chi connectivity index (χ1) is 15.7. The zero-order valence-corrected chi connectivity index (χ0v) is 20.3. The van der Waals surface area contributed by atoms with Gasteiger partial charge in [-0.05, 0) is 104 Å². The Hall–Kier alpha value is -1.70. The molecule has 1 nitrogen and oxygen atoms in total. The van der Waals surface area contributed by atoms with Crippen LogP contribution in [0.2, 0.25) is 0 Å². The summed E-state index contributed by atoms with van der Waals surface area (Å²) >= 11 is 0. The Kier molecular flexibility index (Phi) is 8.38. The highest BCUT2D eigenvalue weighted by Crippen LogP contribution is 2.39. The molecule has 0 amide bonds. The second-order valence-electron chi connectivity index (χ2n) is 10.6. The van der Waals surface area contributed by atoms with Gasteiger partial charge in [-0.2, -0.15) is 0 Å². The maximum absolute atomic E-state index is 15.1. The van der Waals surface area contributed by atoms with Crippen LogP contribution in [0.5, 0.6) is 0 Å². The van der Waals surface area contributed by atoms with Crippen molar-refractivity contribution in [2.45, 2.75) is 109 Å². The zero-order valence-electron chi connectivity index (χ0n) is 20.3. The first-order valence-corrected chi connectivity index (χ1v) is 13.4. The van der Waals surface area contributed by atoms with Crippen molar-refractivity contribution in [2.24, 2.45) is 11.8 Å². The van der Waals surface area contributed by atoms with Crippen molar-refractivity contribution < 1.29 is 4.39 Å². The fourth-order valence-corrected chi connectivity index (χ4v) is 6.17. The summed E-state index contributed by atoms with van der Waals surface area (Å²) < 4.78 is 15.1. The number of hydrogen-bond acceptors (Lipinski definition) is 1. The molecule has 0 unspecified atom stereocenters. The molecule has 0 bridgehead atoms. The highest BCUT2D eigenvalue weighted by molar-refractivity contribution is 5.60. The Balaban J connectivity index is 1.35. The van der Waals surface area contributed by atoms with E-state index in [0.717, 1.165) is 17.5 Å². The molecular weight excluding hydrogens is 393 g/mol. The normalized spacial score (nSPS) is 26.2.